The van der Waals surface area contributed by atoms with Crippen LogP contribution in [-0.2, 0) is 20.7 Å². The highest BCUT2D eigenvalue weighted by molar-refractivity contribution is 6.04. The van der Waals surface area contributed by atoms with Gasteiger partial charge in [-0.1, -0.05) is 0 Å². The number of likely N-dealkylation sites (N-methyl/N-ethyl adjacent to an activating group) is 1. The van der Waals surface area contributed by atoms with Gasteiger partial charge in [0.15, 0.2) is 17.3 Å². The van der Waals surface area contributed by atoms with Gasteiger partial charge >= 0.3 is 5.97 Å². The summed E-state index contributed by atoms with van der Waals surface area (Å²) in [5.41, 5.74) is 0.997. The Bertz CT molecular complexity index is 776. The molecule has 1 aromatic rings. The lowest BCUT2D eigenvalue weighted by atomic mass is 9.79. The minimum atomic E-state index is -1.05. The number of cyclic esters (lactones) is 1. The summed E-state index contributed by atoms with van der Waals surface area (Å²) in [4.78, 5) is 27.2. The van der Waals surface area contributed by atoms with Gasteiger partial charge in [0, 0.05) is 31.0 Å². The zero-order chi connectivity index (χ0) is 18.5. The first-order valence-electron chi connectivity index (χ1n) is 8.86. The first kappa shape index (κ1) is 17.1. The number of esters is 1. The first-order chi connectivity index (χ1) is 12.5. The van der Waals surface area contributed by atoms with Crippen molar-refractivity contribution in [1.29, 1.82) is 0 Å². The second kappa shape index (κ2) is 6.16. The van der Waals surface area contributed by atoms with Gasteiger partial charge in [0.05, 0.1) is 13.7 Å². The van der Waals surface area contributed by atoms with Crippen LogP contribution in [0.3, 0.4) is 0 Å². The van der Waals surface area contributed by atoms with E-state index in [-0.39, 0.29) is 25.0 Å². The van der Waals surface area contributed by atoms with Crippen LogP contribution >= 0.6 is 0 Å². The second-order valence-corrected chi connectivity index (χ2v) is 7.31. The third-order valence-corrected chi connectivity index (χ3v) is 5.83. The predicted octanol–water partition coefficient (Wildman–Crippen LogP) is 1.87. The lowest BCUT2D eigenvalue weighted by molar-refractivity contribution is -0.150. The van der Waals surface area contributed by atoms with Crippen molar-refractivity contribution in [2.75, 3.05) is 34.1 Å². The van der Waals surface area contributed by atoms with Crippen molar-refractivity contribution in [2.24, 2.45) is 5.41 Å². The first-order valence-corrected chi connectivity index (χ1v) is 8.86. The third-order valence-electron chi connectivity index (χ3n) is 5.83. The predicted molar refractivity (Wildman–Crippen MR) is 91.5 cm³/mol. The second-order valence-electron chi connectivity index (χ2n) is 7.31. The fourth-order valence-electron chi connectivity index (χ4n) is 4.05. The number of carbonyl (C=O) groups excluding carboxylic acids is 2. The van der Waals surface area contributed by atoms with Gasteiger partial charge in [-0.05, 0) is 32.0 Å². The number of hydrogen-bond donors (Lipinski definition) is 0. The molecule has 0 radical (unpaired) electrons. The minimum absolute atomic E-state index is 0.0931. The molecule has 4 rings (SSSR count). The maximum atomic E-state index is 13.0. The Hall–Kier alpha value is -2.28. The maximum absolute atomic E-state index is 13.0. The molecule has 0 spiro atoms. The summed E-state index contributed by atoms with van der Waals surface area (Å²) in [6, 6.07) is 1.80. The average Bonchev–Trinajstić information content (AvgIpc) is 3.22. The van der Waals surface area contributed by atoms with Gasteiger partial charge < -0.3 is 18.9 Å². The van der Waals surface area contributed by atoms with Gasteiger partial charge in [-0.25, -0.2) is 0 Å². The standard InChI is InChI=1S/C19H23NO6/c1-19(5-7-24-18(19)22)14(21)9-12-15-11(4-6-20(12)2)8-13-16(17(15)23-3)26-10-25-13/h8,12H,4-7,9-10H2,1-3H3/t12-,19-/m1/s1. The van der Waals surface area contributed by atoms with Crippen molar-refractivity contribution >= 4 is 11.8 Å². The topological polar surface area (TPSA) is 74.3 Å². The van der Waals surface area contributed by atoms with Crippen LogP contribution in [0.4, 0.5) is 0 Å². The number of hydrogen-bond acceptors (Lipinski definition) is 7. The molecule has 0 unspecified atom stereocenters. The van der Waals surface area contributed by atoms with Gasteiger partial charge in [-0.15, -0.1) is 0 Å². The van der Waals surface area contributed by atoms with Crippen molar-refractivity contribution in [3.63, 3.8) is 0 Å². The number of rotatable bonds is 4. The largest absolute Gasteiger partial charge is 0.492 e. The normalized spacial score (nSPS) is 27.2. The zero-order valence-corrected chi connectivity index (χ0v) is 15.3. The molecule has 3 aliphatic heterocycles. The van der Waals surface area contributed by atoms with Crippen molar-refractivity contribution in [2.45, 2.75) is 32.2 Å². The molecule has 0 amide bonds. The lowest BCUT2D eigenvalue weighted by Gasteiger charge is -2.36. The van der Waals surface area contributed by atoms with Crippen LogP contribution in [0.5, 0.6) is 17.2 Å². The van der Waals surface area contributed by atoms with E-state index in [9.17, 15) is 9.59 Å². The quantitative estimate of drug-likeness (QED) is 0.599. The fraction of sp³-hybridized carbons (Fsp3) is 0.579. The molecule has 7 nitrogen and oxygen atoms in total. The van der Waals surface area contributed by atoms with Gasteiger partial charge in [0.2, 0.25) is 12.5 Å². The SMILES string of the molecule is COc1c2c(cc3c1[C@@H](CC(=O)[C@@]1(C)CCOC1=O)N(C)CC3)OCO2. The fourth-order valence-corrected chi connectivity index (χ4v) is 4.05. The monoisotopic (exact) mass is 361 g/mol. The molecule has 1 saturated heterocycles. The van der Waals surface area contributed by atoms with E-state index in [4.69, 9.17) is 18.9 Å². The molecule has 7 heteroatoms. The minimum Gasteiger partial charge on any atom is -0.492 e. The highest BCUT2D eigenvalue weighted by Gasteiger charge is 2.48. The summed E-state index contributed by atoms with van der Waals surface area (Å²) < 4.78 is 21.8. The van der Waals surface area contributed by atoms with E-state index >= 15 is 0 Å². The van der Waals surface area contributed by atoms with Crippen molar-refractivity contribution in [1.82, 2.24) is 4.90 Å². The Kier molecular flexibility index (Phi) is 4.06. The Morgan fingerprint density at radius 2 is 2.19 bits per heavy atom. The van der Waals surface area contributed by atoms with Gasteiger partial charge in [0.25, 0.3) is 0 Å². The molecule has 0 aromatic heterocycles. The molecular formula is C19H23NO6. The number of carbonyl (C=O) groups is 2. The van der Waals surface area contributed by atoms with E-state index < -0.39 is 11.4 Å². The van der Waals surface area contributed by atoms with Crippen LogP contribution in [0.2, 0.25) is 0 Å². The van der Waals surface area contributed by atoms with Crippen LogP contribution in [0.15, 0.2) is 6.07 Å². The van der Waals surface area contributed by atoms with E-state index in [1.807, 2.05) is 13.1 Å². The van der Waals surface area contributed by atoms with Crippen LogP contribution in [-0.4, -0.2) is 50.8 Å². The summed E-state index contributed by atoms with van der Waals surface area (Å²) in [5, 5.41) is 0. The molecular weight excluding hydrogens is 338 g/mol. The number of nitrogens with zero attached hydrogens (tertiary/aromatic N) is 1. The summed E-state index contributed by atoms with van der Waals surface area (Å²) in [6.45, 7) is 2.97. The van der Waals surface area contributed by atoms with Crippen molar-refractivity contribution < 1.29 is 28.5 Å². The Balaban J connectivity index is 1.72. The molecule has 26 heavy (non-hydrogen) atoms. The highest BCUT2D eigenvalue weighted by Crippen LogP contribution is 2.50. The number of ketones is 1. The maximum Gasteiger partial charge on any atom is 0.319 e. The van der Waals surface area contributed by atoms with Crippen LogP contribution in [0.25, 0.3) is 0 Å². The van der Waals surface area contributed by atoms with Gasteiger partial charge in [0.1, 0.15) is 5.41 Å². The molecule has 0 aliphatic carbocycles. The Morgan fingerprint density at radius 1 is 1.38 bits per heavy atom. The molecule has 2 atom stereocenters. The average molecular weight is 361 g/mol. The van der Waals surface area contributed by atoms with Crippen LogP contribution < -0.4 is 14.2 Å². The molecule has 0 bridgehead atoms. The highest BCUT2D eigenvalue weighted by atomic mass is 16.7. The number of ether oxygens (including phenoxy) is 4. The molecule has 3 aliphatic rings. The van der Waals surface area contributed by atoms with Crippen LogP contribution in [0, 0.1) is 5.41 Å². The van der Waals surface area contributed by atoms with E-state index in [1.54, 1.807) is 14.0 Å². The van der Waals surface area contributed by atoms with Gasteiger partial charge in [-0.3, -0.25) is 14.5 Å². The summed E-state index contributed by atoms with van der Waals surface area (Å²) in [5.74, 6) is 1.38. The van der Waals surface area contributed by atoms with Crippen LogP contribution in [0.1, 0.15) is 36.9 Å². The molecule has 0 saturated carbocycles. The van der Waals surface area contributed by atoms with Crippen molar-refractivity contribution in [3.05, 3.63) is 17.2 Å². The number of benzene rings is 1. The summed E-state index contributed by atoms with van der Waals surface area (Å²) in [7, 11) is 3.58. The molecule has 0 N–H and O–H groups in total. The molecule has 1 aromatic carbocycles. The van der Waals surface area contributed by atoms with Crippen molar-refractivity contribution in [3.8, 4) is 17.2 Å². The molecule has 1 fully saturated rings. The summed E-state index contributed by atoms with van der Waals surface area (Å²) >= 11 is 0. The van der Waals surface area contributed by atoms with E-state index in [0.717, 1.165) is 24.1 Å². The number of Topliss-reactive ketones (excluding diaryl/α,β-unsaturated/α-hetero) is 1. The number of fused-ring (bicyclic) bond motifs is 2. The Morgan fingerprint density at radius 3 is 2.88 bits per heavy atom. The molecule has 140 valence electrons. The third kappa shape index (κ3) is 2.45. The lowest BCUT2D eigenvalue weighted by Crippen LogP contribution is -2.39. The Labute approximate surface area is 152 Å². The molecule has 3 heterocycles. The smallest absolute Gasteiger partial charge is 0.319 e. The van der Waals surface area contributed by atoms with E-state index in [2.05, 4.69) is 4.90 Å². The summed E-state index contributed by atoms with van der Waals surface area (Å²) in [6.07, 6.45) is 1.50. The van der Waals surface area contributed by atoms with Gasteiger partial charge in [-0.2, -0.15) is 0 Å². The van der Waals surface area contributed by atoms with E-state index in [0.29, 0.717) is 30.3 Å². The zero-order valence-electron chi connectivity index (χ0n) is 15.3. The van der Waals surface area contributed by atoms with E-state index in [1.165, 1.54) is 0 Å². The number of methoxy groups -OCH3 is 1.